The van der Waals surface area contributed by atoms with E-state index in [1.807, 2.05) is 0 Å². The van der Waals surface area contributed by atoms with E-state index in [0.29, 0.717) is 16.8 Å². The van der Waals surface area contributed by atoms with Crippen molar-refractivity contribution in [2.45, 2.75) is 31.9 Å². The van der Waals surface area contributed by atoms with Gasteiger partial charge in [0, 0.05) is 43.6 Å². The first-order valence-electron chi connectivity index (χ1n) is 9.84. The lowest BCUT2D eigenvalue weighted by Gasteiger charge is -2.44. The topological polar surface area (TPSA) is 56.7 Å². The number of piperazine rings is 1. The summed E-state index contributed by atoms with van der Waals surface area (Å²) in [5.41, 5.74) is 2.01. The number of nitrogens with zero attached hydrogens (tertiary/aromatic N) is 3. The molecule has 0 bridgehead atoms. The molecule has 1 amide bonds. The first-order chi connectivity index (χ1) is 15.3. The van der Waals surface area contributed by atoms with Crippen molar-refractivity contribution in [1.82, 2.24) is 14.8 Å². The van der Waals surface area contributed by atoms with Gasteiger partial charge in [0.2, 0.25) is 0 Å². The van der Waals surface area contributed by atoms with Crippen LogP contribution in [0.4, 0.5) is 35.5 Å². The number of carbonyl (C=O) groups is 1. The molecule has 3 rings (SSSR count). The van der Waals surface area contributed by atoms with Crippen molar-refractivity contribution in [1.29, 1.82) is 0 Å². The molecule has 1 aromatic carbocycles. The maximum absolute atomic E-state index is 14.7. The molecule has 1 aliphatic heterocycles. The molecule has 33 heavy (non-hydrogen) atoms. The number of pyridine rings is 1. The van der Waals surface area contributed by atoms with E-state index >= 15 is 0 Å². The number of benzene rings is 1. The summed E-state index contributed by atoms with van der Waals surface area (Å²) in [7, 11) is 0. The molecule has 12 heteroatoms. The fraction of sp³-hybridized carbons (Fsp3) is 0.429. The average molecular weight is 479 g/mol. The van der Waals surface area contributed by atoms with Crippen LogP contribution in [0, 0.1) is 18.7 Å². The molecule has 1 atom stereocenters. The summed E-state index contributed by atoms with van der Waals surface area (Å²) in [6.45, 7) is -0.0696. The number of aryl methyl sites for hydroxylation is 1. The Morgan fingerprint density at radius 3 is 2.27 bits per heavy atom. The molecule has 0 saturated carbocycles. The molecule has 1 saturated heterocycles. The summed E-state index contributed by atoms with van der Waals surface area (Å²) in [4.78, 5) is 16.8. The lowest BCUT2D eigenvalue weighted by Crippen LogP contribution is -2.62. The monoisotopic (exact) mass is 479 g/mol. The minimum Gasteiger partial charge on any atom is -0.465 e. The second-order valence-corrected chi connectivity index (χ2v) is 7.83. The van der Waals surface area contributed by atoms with Gasteiger partial charge >= 0.3 is 18.4 Å². The number of hydrogen-bond donors (Lipinski definition) is 1. The third-order valence-corrected chi connectivity index (χ3v) is 5.52. The van der Waals surface area contributed by atoms with Gasteiger partial charge in [-0.05, 0) is 36.2 Å². The van der Waals surface area contributed by atoms with Crippen LogP contribution in [0.5, 0.6) is 0 Å². The largest absolute Gasteiger partial charge is 0.465 e. The molecular formula is C21H20F7N3O2. The van der Waals surface area contributed by atoms with Gasteiger partial charge in [0.1, 0.15) is 5.82 Å². The predicted octanol–water partition coefficient (Wildman–Crippen LogP) is 5.10. The standard InChI is InChI=1S/C21H20F7N3O2/c1-12-8-14(4-5-29-12)13-2-3-15(16(22)9-13)10-30-6-7-31(19(32)33)17(11-30)18(20(23,24)25)21(26,27)28/h2-5,8-9,17-18H,6-7,10-11H2,1H3,(H,32,33). The number of hydrogen-bond acceptors (Lipinski definition) is 3. The summed E-state index contributed by atoms with van der Waals surface area (Å²) in [6, 6.07) is 5.22. The van der Waals surface area contributed by atoms with Crippen molar-refractivity contribution >= 4 is 6.09 Å². The van der Waals surface area contributed by atoms with E-state index in [1.54, 1.807) is 31.3 Å². The fourth-order valence-electron chi connectivity index (χ4n) is 3.98. The zero-order chi connectivity index (χ0) is 24.6. The Kier molecular flexibility index (Phi) is 6.87. The van der Waals surface area contributed by atoms with Crippen molar-refractivity contribution in [3.63, 3.8) is 0 Å². The minimum absolute atomic E-state index is 0.0719. The first-order valence-corrected chi connectivity index (χ1v) is 9.84. The van der Waals surface area contributed by atoms with E-state index in [4.69, 9.17) is 0 Å². The summed E-state index contributed by atoms with van der Waals surface area (Å²) >= 11 is 0. The third kappa shape index (κ3) is 5.73. The zero-order valence-electron chi connectivity index (χ0n) is 17.3. The summed E-state index contributed by atoms with van der Waals surface area (Å²) < 4.78 is 94.3. The molecular weight excluding hydrogens is 459 g/mol. The zero-order valence-corrected chi connectivity index (χ0v) is 17.3. The quantitative estimate of drug-likeness (QED) is 0.620. The van der Waals surface area contributed by atoms with Gasteiger partial charge in [-0.15, -0.1) is 0 Å². The van der Waals surface area contributed by atoms with Gasteiger partial charge < -0.3 is 10.0 Å². The normalized spacial score (nSPS) is 18.1. The van der Waals surface area contributed by atoms with Gasteiger partial charge in [-0.3, -0.25) is 9.88 Å². The maximum Gasteiger partial charge on any atom is 0.407 e. The number of aromatic nitrogens is 1. The maximum atomic E-state index is 14.7. The number of rotatable bonds is 4. The van der Waals surface area contributed by atoms with Crippen LogP contribution in [0.3, 0.4) is 0 Å². The van der Waals surface area contributed by atoms with E-state index in [9.17, 15) is 40.6 Å². The minimum atomic E-state index is -5.70. The molecule has 5 nitrogen and oxygen atoms in total. The second kappa shape index (κ2) is 9.16. The Balaban J connectivity index is 1.84. The molecule has 1 N–H and O–H groups in total. The van der Waals surface area contributed by atoms with E-state index in [-0.39, 0.29) is 23.6 Å². The van der Waals surface area contributed by atoms with Crippen LogP contribution in [0.15, 0.2) is 36.5 Å². The van der Waals surface area contributed by atoms with Crippen LogP contribution < -0.4 is 0 Å². The van der Waals surface area contributed by atoms with Crippen LogP contribution in [-0.2, 0) is 6.54 Å². The summed E-state index contributed by atoms with van der Waals surface area (Å²) in [6.07, 6.45) is -11.7. The van der Waals surface area contributed by atoms with Crippen molar-refractivity contribution in [3.05, 3.63) is 53.6 Å². The van der Waals surface area contributed by atoms with Crippen LogP contribution in [0.1, 0.15) is 11.3 Å². The molecule has 180 valence electrons. The number of alkyl halides is 6. The van der Waals surface area contributed by atoms with E-state index in [1.165, 1.54) is 17.0 Å². The Hall–Kier alpha value is -2.89. The molecule has 1 aliphatic rings. The van der Waals surface area contributed by atoms with Crippen LogP contribution >= 0.6 is 0 Å². The van der Waals surface area contributed by atoms with Crippen LogP contribution in [-0.4, -0.2) is 64.0 Å². The van der Waals surface area contributed by atoms with Gasteiger partial charge in [0.25, 0.3) is 0 Å². The molecule has 2 aromatic rings. The van der Waals surface area contributed by atoms with Crippen molar-refractivity contribution in [2.75, 3.05) is 19.6 Å². The molecule has 0 radical (unpaired) electrons. The first kappa shape index (κ1) is 24.7. The Morgan fingerprint density at radius 1 is 1.09 bits per heavy atom. The van der Waals surface area contributed by atoms with E-state index in [0.717, 1.165) is 0 Å². The third-order valence-electron chi connectivity index (χ3n) is 5.52. The van der Waals surface area contributed by atoms with Gasteiger partial charge in [0.05, 0.1) is 6.04 Å². The highest BCUT2D eigenvalue weighted by molar-refractivity contribution is 5.66. The lowest BCUT2D eigenvalue weighted by molar-refractivity contribution is -0.300. The molecule has 0 spiro atoms. The lowest BCUT2D eigenvalue weighted by atomic mass is 9.94. The van der Waals surface area contributed by atoms with Crippen molar-refractivity contribution in [3.8, 4) is 11.1 Å². The van der Waals surface area contributed by atoms with Crippen LogP contribution in [0.2, 0.25) is 0 Å². The summed E-state index contributed by atoms with van der Waals surface area (Å²) in [5.74, 6) is -4.53. The van der Waals surface area contributed by atoms with E-state index < -0.39 is 49.3 Å². The Bertz CT molecular complexity index is 996. The summed E-state index contributed by atoms with van der Waals surface area (Å²) in [5, 5.41) is 9.18. The van der Waals surface area contributed by atoms with Gasteiger partial charge in [-0.1, -0.05) is 12.1 Å². The Labute approximate surface area is 184 Å². The second-order valence-electron chi connectivity index (χ2n) is 7.83. The molecule has 1 fully saturated rings. The van der Waals surface area contributed by atoms with Gasteiger partial charge in [0.15, 0.2) is 5.92 Å². The highest BCUT2D eigenvalue weighted by Crippen LogP contribution is 2.44. The molecule has 1 unspecified atom stereocenters. The fourth-order valence-corrected chi connectivity index (χ4v) is 3.98. The smallest absolute Gasteiger partial charge is 0.407 e. The number of amides is 1. The van der Waals surface area contributed by atoms with Gasteiger partial charge in [-0.25, -0.2) is 9.18 Å². The van der Waals surface area contributed by atoms with Crippen molar-refractivity contribution < 1.29 is 40.6 Å². The van der Waals surface area contributed by atoms with Gasteiger partial charge in [-0.2, -0.15) is 26.3 Å². The average Bonchev–Trinajstić information content (AvgIpc) is 2.67. The highest BCUT2D eigenvalue weighted by atomic mass is 19.4. The number of halogens is 7. The molecule has 0 aliphatic carbocycles. The van der Waals surface area contributed by atoms with Crippen LogP contribution in [0.25, 0.3) is 11.1 Å². The SMILES string of the molecule is Cc1cc(-c2ccc(CN3CCN(C(=O)O)C(C(C(F)(F)F)C(F)(F)F)C3)c(F)c2)ccn1. The molecule has 2 heterocycles. The highest BCUT2D eigenvalue weighted by Gasteiger charge is 2.62. The molecule has 1 aromatic heterocycles. The number of carboxylic acid groups (broad SMARTS) is 1. The van der Waals surface area contributed by atoms with Crippen molar-refractivity contribution in [2.24, 2.45) is 5.92 Å². The van der Waals surface area contributed by atoms with E-state index in [2.05, 4.69) is 4.98 Å². The Morgan fingerprint density at radius 2 is 1.73 bits per heavy atom. The predicted molar refractivity (Wildman–Crippen MR) is 104 cm³/mol.